The van der Waals surface area contributed by atoms with Gasteiger partial charge in [-0.3, -0.25) is 14.6 Å². The molecule has 2 fully saturated rings. The molecule has 1 aromatic carbocycles. The Morgan fingerprint density at radius 2 is 2.03 bits per heavy atom. The van der Waals surface area contributed by atoms with Crippen LogP contribution in [0.25, 0.3) is 0 Å². The van der Waals surface area contributed by atoms with Crippen LogP contribution in [0.15, 0.2) is 35.1 Å². The summed E-state index contributed by atoms with van der Waals surface area (Å²) in [7, 11) is 1.63. The number of carbonyl (C=O) groups excluding carboxylic acids is 1. The fourth-order valence-corrected chi connectivity index (χ4v) is 4.41. The third-order valence-corrected chi connectivity index (χ3v) is 5.95. The normalized spacial score (nSPS) is 20.1. The van der Waals surface area contributed by atoms with Gasteiger partial charge in [-0.25, -0.2) is 4.98 Å². The first-order valence-electron chi connectivity index (χ1n) is 10.4. The summed E-state index contributed by atoms with van der Waals surface area (Å²) in [6, 6.07) is 9.61. The van der Waals surface area contributed by atoms with Gasteiger partial charge in [-0.05, 0) is 30.5 Å². The summed E-state index contributed by atoms with van der Waals surface area (Å²) < 4.78 is 5.24. The summed E-state index contributed by atoms with van der Waals surface area (Å²) in [6.07, 6.45) is 6.27. The fourth-order valence-electron chi connectivity index (χ4n) is 4.41. The average Bonchev–Trinajstić information content (AvgIpc) is 3.14. The Morgan fingerprint density at radius 1 is 1.21 bits per heavy atom. The molecular formula is C22H28N4O3. The van der Waals surface area contributed by atoms with Gasteiger partial charge in [0.15, 0.2) is 0 Å². The van der Waals surface area contributed by atoms with Gasteiger partial charge in [0, 0.05) is 37.5 Å². The molecule has 1 aliphatic carbocycles. The highest BCUT2D eigenvalue weighted by Gasteiger charge is 2.36. The van der Waals surface area contributed by atoms with Crippen molar-refractivity contribution in [3.8, 4) is 5.75 Å². The predicted octanol–water partition coefficient (Wildman–Crippen LogP) is 3.04. The summed E-state index contributed by atoms with van der Waals surface area (Å²) >= 11 is 0. The van der Waals surface area contributed by atoms with Gasteiger partial charge < -0.3 is 15.0 Å². The minimum Gasteiger partial charge on any atom is -0.497 e. The van der Waals surface area contributed by atoms with Crippen LogP contribution in [0, 0.1) is 0 Å². The highest BCUT2D eigenvalue weighted by Crippen LogP contribution is 2.32. The Hall–Kier alpha value is -2.83. The molecule has 1 aromatic heterocycles. The Bertz CT molecular complexity index is 920. The second kappa shape index (κ2) is 8.68. The van der Waals surface area contributed by atoms with Gasteiger partial charge in [-0.2, -0.15) is 0 Å². The van der Waals surface area contributed by atoms with Crippen LogP contribution in [0.4, 0.5) is 5.95 Å². The number of aromatic nitrogens is 2. The minimum atomic E-state index is -0.202. The number of ether oxygens (including phenoxy) is 1. The molecule has 4 rings (SSSR count). The first-order chi connectivity index (χ1) is 14.1. The van der Waals surface area contributed by atoms with E-state index in [1.165, 1.54) is 25.3 Å². The average molecular weight is 396 g/mol. The van der Waals surface area contributed by atoms with Crippen LogP contribution in [0.2, 0.25) is 0 Å². The molecule has 154 valence electrons. The van der Waals surface area contributed by atoms with E-state index in [4.69, 9.17) is 4.74 Å². The van der Waals surface area contributed by atoms with Gasteiger partial charge in [0.25, 0.3) is 5.56 Å². The van der Waals surface area contributed by atoms with Crippen molar-refractivity contribution in [2.24, 2.45) is 0 Å². The molecule has 29 heavy (non-hydrogen) atoms. The third-order valence-electron chi connectivity index (χ3n) is 5.95. The number of nitrogens with one attached hydrogen (secondary N) is 2. The topological polar surface area (TPSA) is 87.3 Å². The smallest absolute Gasteiger partial charge is 0.252 e. The van der Waals surface area contributed by atoms with Gasteiger partial charge in [0.1, 0.15) is 5.75 Å². The number of anilines is 1. The lowest BCUT2D eigenvalue weighted by Gasteiger charge is -2.31. The number of benzene rings is 1. The maximum atomic E-state index is 12.6. The number of aromatic amines is 1. The maximum Gasteiger partial charge on any atom is 0.252 e. The molecule has 0 radical (unpaired) electrons. The van der Waals surface area contributed by atoms with E-state index >= 15 is 0 Å². The van der Waals surface area contributed by atoms with E-state index in [-0.39, 0.29) is 17.4 Å². The zero-order valence-corrected chi connectivity index (χ0v) is 16.8. The van der Waals surface area contributed by atoms with Gasteiger partial charge >= 0.3 is 0 Å². The van der Waals surface area contributed by atoms with E-state index in [0.717, 1.165) is 24.2 Å². The van der Waals surface area contributed by atoms with Crippen molar-refractivity contribution in [3.05, 3.63) is 51.9 Å². The van der Waals surface area contributed by atoms with Gasteiger partial charge in [0.05, 0.1) is 12.8 Å². The van der Waals surface area contributed by atoms with Crippen LogP contribution >= 0.6 is 0 Å². The monoisotopic (exact) mass is 396 g/mol. The Balaban J connectivity index is 1.45. The van der Waals surface area contributed by atoms with E-state index in [2.05, 4.69) is 15.3 Å². The summed E-state index contributed by atoms with van der Waals surface area (Å²) in [6.45, 7) is 1.18. The molecule has 2 aromatic rings. The van der Waals surface area contributed by atoms with Crippen molar-refractivity contribution in [1.29, 1.82) is 0 Å². The highest BCUT2D eigenvalue weighted by atomic mass is 16.5. The summed E-state index contributed by atoms with van der Waals surface area (Å²) in [5.41, 5.74) is 1.51. The number of amides is 1. The van der Waals surface area contributed by atoms with Crippen LogP contribution < -0.4 is 15.6 Å². The number of methoxy groups -OCH3 is 1. The van der Waals surface area contributed by atoms with Gasteiger partial charge in [0.2, 0.25) is 11.9 Å². The molecule has 7 nitrogen and oxygen atoms in total. The van der Waals surface area contributed by atoms with E-state index in [1.807, 2.05) is 29.2 Å². The van der Waals surface area contributed by atoms with Crippen LogP contribution in [-0.2, 0) is 11.3 Å². The SMILES string of the molecule is COc1cccc(CNc2nc(C3CC(=O)N(C4CCCCC4)C3)cc(=O)[nH]2)c1. The summed E-state index contributed by atoms with van der Waals surface area (Å²) in [5.74, 6) is 1.38. The second-order valence-electron chi connectivity index (χ2n) is 7.96. The van der Waals surface area contributed by atoms with E-state index in [9.17, 15) is 9.59 Å². The number of carbonyl (C=O) groups is 1. The fraction of sp³-hybridized carbons (Fsp3) is 0.500. The van der Waals surface area contributed by atoms with E-state index in [0.29, 0.717) is 37.2 Å². The molecule has 1 unspecified atom stereocenters. The quantitative estimate of drug-likeness (QED) is 0.784. The molecule has 0 spiro atoms. The molecule has 1 aliphatic heterocycles. The Kier molecular flexibility index (Phi) is 5.83. The number of likely N-dealkylation sites (tertiary alicyclic amines) is 1. The summed E-state index contributed by atoms with van der Waals surface area (Å²) in [4.78, 5) is 34.2. The minimum absolute atomic E-state index is 0.0240. The van der Waals surface area contributed by atoms with Crippen molar-refractivity contribution in [2.45, 2.75) is 57.0 Å². The summed E-state index contributed by atoms with van der Waals surface area (Å²) in [5, 5.41) is 3.18. The van der Waals surface area contributed by atoms with Crippen molar-refractivity contribution in [2.75, 3.05) is 19.0 Å². The largest absolute Gasteiger partial charge is 0.497 e. The van der Waals surface area contributed by atoms with Crippen molar-refractivity contribution < 1.29 is 9.53 Å². The molecule has 2 aliphatic rings. The number of hydrogen-bond donors (Lipinski definition) is 2. The van der Waals surface area contributed by atoms with Gasteiger partial charge in [-0.15, -0.1) is 0 Å². The molecular weight excluding hydrogens is 368 g/mol. The second-order valence-corrected chi connectivity index (χ2v) is 7.96. The van der Waals surface area contributed by atoms with Crippen LogP contribution in [0.5, 0.6) is 5.75 Å². The molecule has 7 heteroatoms. The molecule has 1 saturated carbocycles. The first kappa shape index (κ1) is 19.5. The molecule has 0 bridgehead atoms. The number of nitrogens with zero attached hydrogens (tertiary/aromatic N) is 2. The number of rotatable bonds is 6. The predicted molar refractivity (Wildman–Crippen MR) is 111 cm³/mol. The van der Waals surface area contributed by atoms with Crippen molar-refractivity contribution in [3.63, 3.8) is 0 Å². The van der Waals surface area contributed by atoms with Crippen LogP contribution in [0.3, 0.4) is 0 Å². The number of hydrogen-bond acceptors (Lipinski definition) is 5. The molecule has 2 N–H and O–H groups in total. The lowest BCUT2D eigenvalue weighted by molar-refractivity contribution is -0.130. The molecule has 1 amide bonds. The number of H-pyrrole nitrogens is 1. The first-order valence-corrected chi connectivity index (χ1v) is 10.4. The van der Waals surface area contributed by atoms with E-state index in [1.54, 1.807) is 7.11 Å². The zero-order valence-electron chi connectivity index (χ0n) is 16.8. The van der Waals surface area contributed by atoms with Crippen molar-refractivity contribution >= 4 is 11.9 Å². The highest BCUT2D eigenvalue weighted by molar-refractivity contribution is 5.80. The zero-order chi connectivity index (χ0) is 20.2. The van der Waals surface area contributed by atoms with Crippen LogP contribution in [0.1, 0.15) is 55.7 Å². The van der Waals surface area contributed by atoms with Crippen LogP contribution in [-0.4, -0.2) is 40.5 Å². The van der Waals surface area contributed by atoms with E-state index < -0.39 is 0 Å². The maximum absolute atomic E-state index is 12.6. The lowest BCUT2D eigenvalue weighted by atomic mass is 9.94. The lowest BCUT2D eigenvalue weighted by Crippen LogP contribution is -2.37. The van der Waals surface area contributed by atoms with Gasteiger partial charge in [-0.1, -0.05) is 31.4 Å². The standard InChI is InChI=1S/C22H28N4O3/c1-29-18-9-5-6-15(10-18)13-23-22-24-19(12-20(27)25-22)16-11-21(28)26(14-16)17-7-3-2-4-8-17/h5-6,9-10,12,16-17H,2-4,7-8,11,13-14H2,1H3,(H2,23,24,25,27). The molecule has 2 heterocycles. The Labute approximate surface area is 170 Å². The third kappa shape index (κ3) is 4.60. The van der Waals surface area contributed by atoms with Crippen molar-refractivity contribution in [1.82, 2.24) is 14.9 Å². The molecule has 1 saturated heterocycles. The Morgan fingerprint density at radius 3 is 2.83 bits per heavy atom. The molecule has 1 atom stereocenters.